The lowest BCUT2D eigenvalue weighted by Gasteiger charge is -2.36. The lowest BCUT2D eigenvalue weighted by atomic mass is 9.94. The van der Waals surface area contributed by atoms with Crippen LogP contribution >= 0.6 is 0 Å². The van der Waals surface area contributed by atoms with E-state index < -0.39 is 5.60 Å². The van der Waals surface area contributed by atoms with E-state index in [4.69, 9.17) is 10.5 Å². The molecule has 2 aliphatic rings. The van der Waals surface area contributed by atoms with Crippen LogP contribution in [0.15, 0.2) is 4.99 Å². The fourth-order valence-electron chi connectivity index (χ4n) is 4.22. The Labute approximate surface area is 175 Å². The lowest BCUT2D eigenvalue weighted by molar-refractivity contribution is -0.119. The summed E-state index contributed by atoms with van der Waals surface area (Å²) in [7, 11) is 1.80. The summed E-state index contributed by atoms with van der Waals surface area (Å²) in [5, 5.41) is 3.47. The van der Waals surface area contributed by atoms with E-state index in [0.717, 1.165) is 70.8 Å². The smallest absolute Gasteiger partial charge is 0.410 e. The van der Waals surface area contributed by atoms with E-state index >= 15 is 0 Å². The van der Waals surface area contributed by atoms with Crippen LogP contribution in [0.1, 0.15) is 59.3 Å². The van der Waals surface area contributed by atoms with Crippen molar-refractivity contribution in [1.82, 2.24) is 15.1 Å². The van der Waals surface area contributed by atoms with Gasteiger partial charge in [-0.25, -0.2) is 4.79 Å². The Morgan fingerprint density at radius 1 is 1.10 bits per heavy atom. The third kappa shape index (κ3) is 8.11. The first-order chi connectivity index (χ1) is 13.7. The van der Waals surface area contributed by atoms with E-state index in [2.05, 4.69) is 15.2 Å². The molecule has 0 saturated carbocycles. The first kappa shape index (κ1) is 23.3. The molecule has 2 fully saturated rings. The number of guanidine groups is 1. The number of nitrogens with zero attached hydrogens (tertiary/aromatic N) is 3. The molecule has 0 bridgehead atoms. The highest BCUT2D eigenvalue weighted by atomic mass is 16.6. The van der Waals surface area contributed by atoms with Gasteiger partial charge in [0.2, 0.25) is 5.91 Å². The highest BCUT2D eigenvalue weighted by molar-refractivity contribution is 5.80. The van der Waals surface area contributed by atoms with Crippen LogP contribution in [0.5, 0.6) is 0 Å². The number of primary amides is 1. The Morgan fingerprint density at radius 2 is 1.72 bits per heavy atom. The molecule has 3 N–H and O–H groups in total. The van der Waals surface area contributed by atoms with Crippen molar-refractivity contribution in [3.05, 3.63) is 0 Å². The highest BCUT2D eigenvalue weighted by Crippen LogP contribution is 2.22. The van der Waals surface area contributed by atoms with E-state index in [1.54, 1.807) is 7.05 Å². The van der Waals surface area contributed by atoms with Crippen molar-refractivity contribution in [2.24, 2.45) is 22.6 Å². The number of likely N-dealkylation sites (tertiary alicyclic amines) is 2. The first-order valence-corrected chi connectivity index (χ1v) is 10.9. The quantitative estimate of drug-likeness (QED) is 0.535. The van der Waals surface area contributed by atoms with Crippen LogP contribution in [0.3, 0.4) is 0 Å². The molecule has 2 heterocycles. The molecule has 0 aliphatic carbocycles. The molecule has 0 spiro atoms. The predicted octanol–water partition coefficient (Wildman–Crippen LogP) is 2.19. The molecule has 2 atom stereocenters. The molecule has 8 heteroatoms. The third-order valence-corrected chi connectivity index (χ3v) is 5.53. The minimum absolute atomic E-state index is 0.209. The van der Waals surface area contributed by atoms with Gasteiger partial charge in [0, 0.05) is 46.2 Å². The van der Waals surface area contributed by atoms with Crippen LogP contribution < -0.4 is 11.1 Å². The van der Waals surface area contributed by atoms with Crippen molar-refractivity contribution in [2.45, 2.75) is 64.9 Å². The summed E-state index contributed by atoms with van der Waals surface area (Å²) in [5.74, 6) is 1.43. The van der Waals surface area contributed by atoms with Gasteiger partial charge in [-0.05, 0) is 64.7 Å². The minimum atomic E-state index is -0.459. The number of nitrogens with two attached hydrogens (primary N) is 1. The molecule has 2 unspecified atom stereocenters. The second-order valence-corrected chi connectivity index (χ2v) is 9.32. The van der Waals surface area contributed by atoms with Gasteiger partial charge in [-0.15, -0.1) is 0 Å². The van der Waals surface area contributed by atoms with Crippen molar-refractivity contribution in [3.8, 4) is 0 Å². The van der Waals surface area contributed by atoms with Gasteiger partial charge in [-0.1, -0.05) is 0 Å². The summed E-state index contributed by atoms with van der Waals surface area (Å²) in [5.41, 5.74) is 4.91. The average molecular weight is 410 g/mol. The van der Waals surface area contributed by atoms with E-state index in [-0.39, 0.29) is 12.0 Å². The number of hydrogen-bond acceptors (Lipinski definition) is 4. The maximum atomic E-state index is 12.3. The van der Waals surface area contributed by atoms with Crippen molar-refractivity contribution < 1.29 is 14.3 Å². The Kier molecular flexibility index (Phi) is 8.59. The minimum Gasteiger partial charge on any atom is -0.444 e. The standard InChI is InChI=1S/C21H39N5O3/c1-21(2,3)29-20(28)26-12-5-7-16(14-26)9-10-24-19(23-4)25-11-6-8-17(15-25)13-18(22)27/h16-17H,5-15H2,1-4H3,(H2,22,27)(H,23,24). The van der Waals surface area contributed by atoms with E-state index in [1.165, 1.54) is 0 Å². The molecular formula is C21H39N5O3. The SMILES string of the molecule is CN=C(NCCC1CCCN(C(=O)OC(C)(C)C)C1)N1CCCC(CC(N)=O)C1. The molecule has 2 aliphatic heterocycles. The number of nitrogens with one attached hydrogen (secondary N) is 1. The molecular weight excluding hydrogens is 370 g/mol. The molecule has 2 amide bonds. The van der Waals surface area contributed by atoms with Crippen molar-refractivity contribution in [1.29, 1.82) is 0 Å². The second-order valence-electron chi connectivity index (χ2n) is 9.32. The summed E-state index contributed by atoms with van der Waals surface area (Å²) in [6.07, 6.45) is 5.45. The van der Waals surface area contributed by atoms with E-state index in [9.17, 15) is 9.59 Å². The van der Waals surface area contributed by atoms with Gasteiger partial charge in [-0.3, -0.25) is 9.79 Å². The zero-order valence-corrected chi connectivity index (χ0v) is 18.6. The molecule has 166 valence electrons. The Balaban J connectivity index is 1.77. The number of ether oxygens (including phenoxy) is 1. The van der Waals surface area contributed by atoms with Crippen LogP contribution in [-0.4, -0.2) is 73.1 Å². The van der Waals surface area contributed by atoms with Gasteiger partial charge < -0.3 is 25.6 Å². The summed E-state index contributed by atoms with van der Waals surface area (Å²) in [6, 6.07) is 0. The third-order valence-electron chi connectivity index (χ3n) is 5.53. The molecule has 0 aromatic carbocycles. The van der Waals surface area contributed by atoms with Crippen LogP contribution in [0.4, 0.5) is 4.79 Å². The number of piperidine rings is 2. The molecule has 8 nitrogen and oxygen atoms in total. The van der Waals surface area contributed by atoms with Gasteiger partial charge in [0.25, 0.3) is 0 Å². The average Bonchev–Trinajstić information content (AvgIpc) is 2.64. The fraction of sp³-hybridized carbons (Fsp3) is 0.857. The molecule has 29 heavy (non-hydrogen) atoms. The maximum Gasteiger partial charge on any atom is 0.410 e. The van der Waals surface area contributed by atoms with E-state index in [1.807, 2.05) is 25.7 Å². The maximum absolute atomic E-state index is 12.3. The molecule has 2 saturated heterocycles. The molecule has 0 radical (unpaired) electrons. The number of rotatable bonds is 5. The molecule has 2 rings (SSSR count). The highest BCUT2D eigenvalue weighted by Gasteiger charge is 2.28. The Hall–Kier alpha value is -1.99. The monoisotopic (exact) mass is 409 g/mol. The lowest BCUT2D eigenvalue weighted by Crippen LogP contribution is -2.48. The molecule has 0 aromatic heterocycles. The first-order valence-electron chi connectivity index (χ1n) is 10.9. The summed E-state index contributed by atoms with van der Waals surface area (Å²) >= 11 is 0. The largest absolute Gasteiger partial charge is 0.444 e. The zero-order valence-electron chi connectivity index (χ0n) is 18.6. The van der Waals surface area contributed by atoms with Gasteiger partial charge in [-0.2, -0.15) is 0 Å². The summed E-state index contributed by atoms with van der Waals surface area (Å²) < 4.78 is 5.52. The van der Waals surface area contributed by atoms with Crippen LogP contribution in [-0.2, 0) is 9.53 Å². The van der Waals surface area contributed by atoms with Crippen LogP contribution in [0, 0.1) is 11.8 Å². The number of amides is 2. The van der Waals surface area contributed by atoms with Gasteiger partial charge in [0.15, 0.2) is 5.96 Å². The Bertz CT molecular complexity index is 587. The van der Waals surface area contributed by atoms with Crippen molar-refractivity contribution >= 4 is 18.0 Å². The predicted molar refractivity (Wildman–Crippen MR) is 115 cm³/mol. The number of aliphatic imine (C=N–C) groups is 1. The van der Waals surface area contributed by atoms with Gasteiger partial charge in [0.1, 0.15) is 5.60 Å². The second kappa shape index (κ2) is 10.7. The number of carbonyl (C=O) groups is 2. The summed E-state index contributed by atoms with van der Waals surface area (Å²) in [6.45, 7) is 9.80. The van der Waals surface area contributed by atoms with Gasteiger partial charge >= 0.3 is 6.09 Å². The zero-order chi connectivity index (χ0) is 21.4. The van der Waals surface area contributed by atoms with Crippen LogP contribution in [0.2, 0.25) is 0 Å². The summed E-state index contributed by atoms with van der Waals surface area (Å²) in [4.78, 5) is 32.1. The van der Waals surface area contributed by atoms with Crippen molar-refractivity contribution in [3.63, 3.8) is 0 Å². The normalized spacial score (nSPS) is 23.7. The van der Waals surface area contributed by atoms with Crippen molar-refractivity contribution in [2.75, 3.05) is 39.8 Å². The van der Waals surface area contributed by atoms with E-state index in [0.29, 0.717) is 18.3 Å². The topological polar surface area (TPSA) is 100 Å². The Morgan fingerprint density at radius 3 is 2.34 bits per heavy atom. The fourth-order valence-corrected chi connectivity index (χ4v) is 4.22. The molecule has 0 aromatic rings. The van der Waals surface area contributed by atoms with Gasteiger partial charge in [0.05, 0.1) is 0 Å². The van der Waals surface area contributed by atoms with Crippen LogP contribution in [0.25, 0.3) is 0 Å². The number of carbonyl (C=O) groups excluding carboxylic acids is 2. The number of hydrogen-bond donors (Lipinski definition) is 2.